The van der Waals surface area contributed by atoms with Crippen molar-refractivity contribution in [3.8, 4) is 0 Å². The molecule has 1 spiro atoms. The van der Waals surface area contributed by atoms with E-state index in [2.05, 4.69) is 9.80 Å². The van der Waals surface area contributed by atoms with E-state index in [0.717, 1.165) is 52.0 Å². The van der Waals surface area contributed by atoms with Crippen LogP contribution in [0.5, 0.6) is 0 Å². The van der Waals surface area contributed by atoms with E-state index in [9.17, 15) is 9.59 Å². The Balaban J connectivity index is 1.23. The van der Waals surface area contributed by atoms with Crippen LogP contribution in [0.3, 0.4) is 0 Å². The molecule has 2 N–H and O–H groups in total. The zero-order chi connectivity index (χ0) is 20.6. The van der Waals surface area contributed by atoms with Crippen LogP contribution in [0.2, 0.25) is 0 Å². The Bertz CT molecular complexity index is 611. The van der Waals surface area contributed by atoms with Crippen molar-refractivity contribution in [3.05, 3.63) is 0 Å². The number of amides is 2. The van der Waals surface area contributed by atoms with E-state index < -0.39 is 0 Å². The van der Waals surface area contributed by atoms with Gasteiger partial charge in [0.2, 0.25) is 5.91 Å². The molecule has 29 heavy (non-hydrogen) atoms. The summed E-state index contributed by atoms with van der Waals surface area (Å²) in [5.41, 5.74) is 6.20. The summed E-state index contributed by atoms with van der Waals surface area (Å²) in [6.45, 7) is 9.01. The van der Waals surface area contributed by atoms with Crippen LogP contribution in [-0.4, -0.2) is 84.2 Å². The van der Waals surface area contributed by atoms with E-state index >= 15 is 0 Å². The highest BCUT2D eigenvalue weighted by Crippen LogP contribution is 2.51. The van der Waals surface area contributed by atoms with Crippen molar-refractivity contribution in [1.82, 2.24) is 14.7 Å². The topological polar surface area (TPSA) is 79.1 Å². The number of piperidine rings is 1. The van der Waals surface area contributed by atoms with Crippen LogP contribution in [0.15, 0.2) is 0 Å². The minimum Gasteiger partial charge on any atom is -0.450 e. The number of ether oxygens (including phenoxy) is 1. The molecule has 0 radical (unpaired) electrons. The van der Waals surface area contributed by atoms with Crippen LogP contribution in [0, 0.1) is 11.3 Å². The van der Waals surface area contributed by atoms with Crippen molar-refractivity contribution in [2.45, 2.75) is 76.9 Å². The molecule has 3 heterocycles. The number of nitrogens with two attached hydrogens (primary N) is 1. The third-order valence-electron chi connectivity index (χ3n) is 7.91. The second-order valence-electron chi connectivity index (χ2n) is 9.84. The van der Waals surface area contributed by atoms with Crippen LogP contribution in [0.1, 0.15) is 58.8 Å². The molecule has 3 aliphatic heterocycles. The quantitative estimate of drug-likeness (QED) is 0.773. The van der Waals surface area contributed by atoms with Gasteiger partial charge in [0.25, 0.3) is 0 Å². The molecule has 7 nitrogen and oxygen atoms in total. The first-order valence-corrected chi connectivity index (χ1v) is 11.6. The Morgan fingerprint density at radius 1 is 1.14 bits per heavy atom. The number of rotatable bonds is 4. The van der Waals surface area contributed by atoms with Gasteiger partial charge in [-0.25, -0.2) is 4.79 Å². The van der Waals surface area contributed by atoms with Gasteiger partial charge in [-0.2, -0.15) is 0 Å². The number of carbonyl (C=O) groups excluding carboxylic acids is 2. The molecule has 3 saturated heterocycles. The van der Waals surface area contributed by atoms with E-state index in [1.165, 1.54) is 25.7 Å². The summed E-state index contributed by atoms with van der Waals surface area (Å²) in [5.74, 6) is 0.750. The van der Waals surface area contributed by atoms with Gasteiger partial charge in [0.05, 0.1) is 12.6 Å². The second-order valence-corrected chi connectivity index (χ2v) is 9.84. The molecule has 2 atom stereocenters. The lowest BCUT2D eigenvalue weighted by Crippen LogP contribution is -2.55. The van der Waals surface area contributed by atoms with Crippen LogP contribution in [0.4, 0.5) is 4.79 Å². The Labute approximate surface area is 174 Å². The first kappa shape index (κ1) is 20.9. The number of likely N-dealkylation sites (tertiary alicyclic amines) is 3. The molecule has 1 aliphatic carbocycles. The normalized spacial score (nSPS) is 34.4. The van der Waals surface area contributed by atoms with Gasteiger partial charge in [0.1, 0.15) is 0 Å². The summed E-state index contributed by atoms with van der Waals surface area (Å²) in [6.07, 6.45) is 8.03. The average Bonchev–Trinajstić information content (AvgIpc) is 3.34. The fourth-order valence-corrected chi connectivity index (χ4v) is 6.32. The summed E-state index contributed by atoms with van der Waals surface area (Å²) >= 11 is 0. The standard InChI is InChI=1S/C22H38N4O3/c1-3-29-21(28)25-12-8-22(15-25)13-18(14-22)24-10-6-17(7-11-24)19-5-4-9-26(19)20(27)16(2)23/h16-19H,3-15,23H2,1-2H3/t16?,18?,19-,22?/m0/s1. The van der Waals surface area contributed by atoms with Crippen molar-refractivity contribution in [1.29, 1.82) is 0 Å². The Kier molecular flexibility index (Phi) is 6.07. The number of carbonyl (C=O) groups is 2. The maximum atomic E-state index is 12.4. The van der Waals surface area contributed by atoms with Gasteiger partial charge in [-0.1, -0.05) is 0 Å². The molecule has 164 valence electrons. The Morgan fingerprint density at radius 3 is 2.52 bits per heavy atom. The molecule has 4 aliphatic rings. The van der Waals surface area contributed by atoms with Gasteiger partial charge in [-0.3, -0.25) is 4.79 Å². The minimum atomic E-state index is -0.387. The van der Waals surface area contributed by atoms with Gasteiger partial charge in [-0.15, -0.1) is 0 Å². The first-order valence-electron chi connectivity index (χ1n) is 11.6. The van der Waals surface area contributed by atoms with Crippen LogP contribution >= 0.6 is 0 Å². The monoisotopic (exact) mass is 406 g/mol. The summed E-state index contributed by atoms with van der Waals surface area (Å²) in [5, 5.41) is 0. The van der Waals surface area contributed by atoms with E-state index in [4.69, 9.17) is 10.5 Å². The molecule has 1 unspecified atom stereocenters. The predicted molar refractivity (Wildman–Crippen MR) is 111 cm³/mol. The van der Waals surface area contributed by atoms with E-state index in [1.807, 2.05) is 11.8 Å². The molecular weight excluding hydrogens is 368 g/mol. The smallest absolute Gasteiger partial charge is 0.409 e. The third-order valence-corrected chi connectivity index (χ3v) is 7.91. The molecule has 0 aromatic rings. The molecule has 7 heteroatoms. The lowest BCUT2D eigenvalue weighted by Gasteiger charge is -2.52. The molecule has 0 aromatic carbocycles. The van der Waals surface area contributed by atoms with E-state index in [0.29, 0.717) is 30.0 Å². The van der Waals surface area contributed by atoms with Crippen LogP contribution in [-0.2, 0) is 9.53 Å². The lowest BCUT2D eigenvalue weighted by atomic mass is 9.64. The fraction of sp³-hybridized carbons (Fsp3) is 0.909. The minimum absolute atomic E-state index is 0.128. The van der Waals surface area contributed by atoms with Crippen molar-refractivity contribution in [3.63, 3.8) is 0 Å². The number of hydrogen-bond acceptors (Lipinski definition) is 5. The lowest BCUT2D eigenvalue weighted by molar-refractivity contribution is -0.134. The van der Waals surface area contributed by atoms with Gasteiger partial charge in [0.15, 0.2) is 0 Å². The SMILES string of the molecule is CCOC(=O)N1CCC2(CC(N3CCC([C@@H]4CCCN4C(=O)C(C)N)CC3)C2)C1. The number of nitrogens with zero attached hydrogens (tertiary/aromatic N) is 3. The number of hydrogen-bond donors (Lipinski definition) is 1. The van der Waals surface area contributed by atoms with Gasteiger partial charge < -0.3 is 25.2 Å². The molecule has 4 fully saturated rings. The molecular formula is C22H38N4O3. The highest BCUT2D eigenvalue weighted by Gasteiger charge is 2.51. The summed E-state index contributed by atoms with van der Waals surface area (Å²) in [4.78, 5) is 31.1. The van der Waals surface area contributed by atoms with Crippen molar-refractivity contribution in [2.75, 3.05) is 39.3 Å². The van der Waals surface area contributed by atoms with E-state index in [-0.39, 0.29) is 18.0 Å². The highest BCUT2D eigenvalue weighted by molar-refractivity contribution is 5.81. The van der Waals surface area contributed by atoms with Gasteiger partial charge >= 0.3 is 6.09 Å². The maximum Gasteiger partial charge on any atom is 0.409 e. The largest absolute Gasteiger partial charge is 0.450 e. The molecule has 2 amide bonds. The summed E-state index contributed by atoms with van der Waals surface area (Å²) in [7, 11) is 0. The Hall–Kier alpha value is -1.34. The molecule has 0 bridgehead atoms. The maximum absolute atomic E-state index is 12.4. The van der Waals surface area contributed by atoms with Gasteiger partial charge in [0, 0.05) is 31.7 Å². The third kappa shape index (κ3) is 4.13. The van der Waals surface area contributed by atoms with Crippen molar-refractivity contribution < 1.29 is 14.3 Å². The second kappa shape index (κ2) is 8.42. The summed E-state index contributed by atoms with van der Waals surface area (Å²) < 4.78 is 5.17. The van der Waals surface area contributed by atoms with Crippen molar-refractivity contribution in [2.24, 2.45) is 17.1 Å². The van der Waals surface area contributed by atoms with Crippen LogP contribution < -0.4 is 5.73 Å². The van der Waals surface area contributed by atoms with E-state index in [1.54, 1.807) is 6.92 Å². The molecule has 4 rings (SSSR count). The molecule has 1 saturated carbocycles. The average molecular weight is 407 g/mol. The highest BCUT2D eigenvalue weighted by atomic mass is 16.6. The summed E-state index contributed by atoms with van der Waals surface area (Å²) in [6, 6.07) is 0.683. The Morgan fingerprint density at radius 2 is 1.86 bits per heavy atom. The fourth-order valence-electron chi connectivity index (χ4n) is 6.32. The zero-order valence-electron chi connectivity index (χ0n) is 18.1. The van der Waals surface area contributed by atoms with Crippen LogP contribution in [0.25, 0.3) is 0 Å². The predicted octanol–water partition coefficient (Wildman–Crippen LogP) is 2.05. The van der Waals surface area contributed by atoms with Gasteiger partial charge in [-0.05, 0) is 83.2 Å². The molecule has 0 aromatic heterocycles. The zero-order valence-corrected chi connectivity index (χ0v) is 18.1. The first-order chi connectivity index (χ1) is 13.9. The van der Waals surface area contributed by atoms with Crippen molar-refractivity contribution >= 4 is 12.0 Å².